The second-order valence-corrected chi connectivity index (χ2v) is 9.14. The highest BCUT2D eigenvalue weighted by Crippen LogP contribution is 2.37. The van der Waals surface area contributed by atoms with Gasteiger partial charge in [-0.25, -0.2) is 0 Å². The zero-order valence-electron chi connectivity index (χ0n) is 18.4. The summed E-state index contributed by atoms with van der Waals surface area (Å²) in [5.74, 6) is 0.204. The Labute approximate surface area is 190 Å². The average molecular weight is 463 g/mol. The number of amides is 1. The van der Waals surface area contributed by atoms with Crippen molar-refractivity contribution in [3.8, 4) is 0 Å². The summed E-state index contributed by atoms with van der Waals surface area (Å²) in [4.78, 5) is 12.0. The molecule has 33 heavy (non-hydrogen) atoms. The number of primary amides is 1. The van der Waals surface area contributed by atoms with Gasteiger partial charge in [0.05, 0.1) is 11.6 Å². The molecule has 0 saturated heterocycles. The van der Waals surface area contributed by atoms with Crippen LogP contribution in [0.5, 0.6) is 0 Å². The van der Waals surface area contributed by atoms with Crippen molar-refractivity contribution in [2.24, 2.45) is 17.6 Å². The van der Waals surface area contributed by atoms with Gasteiger partial charge in [0.2, 0.25) is 0 Å². The number of alkyl halides is 3. The van der Waals surface area contributed by atoms with Crippen LogP contribution in [0, 0.1) is 17.2 Å². The third-order valence-electron chi connectivity index (χ3n) is 6.72. The monoisotopic (exact) mass is 462 g/mol. The fraction of sp³-hybridized carbons (Fsp3) is 0.522. The first-order valence-corrected chi connectivity index (χ1v) is 11.3. The first-order chi connectivity index (χ1) is 15.7. The van der Waals surface area contributed by atoms with Gasteiger partial charge in [-0.2, -0.15) is 18.3 Å². The fourth-order valence-corrected chi connectivity index (χ4v) is 4.67. The zero-order valence-corrected chi connectivity index (χ0v) is 18.4. The molecule has 1 aromatic carbocycles. The van der Waals surface area contributed by atoms with Crippen molar-refractivity contribution in [2.75, 3.05) is 5.32 Å². The van der Waals surface area contributed by atoms with E-state index in [1.54, 1.807) is 10.9 Å². The van der Waals surface area contributed by atoms with Crippen LogP contribution < -0.4 is 16.4 Å². The molecular formula is C23H29F3N6O. The number of hydrogen-bond acceptors (Lipinski definition) is 5. The van der Waals surface area contributed by atoms with E-state index in [0.717, 1.165) is 37.3 Å². The molecule has 0 bridgehead atoms. The largest absolute Gasteiger partial charge is 0.416 e. The highest BCUT2D eigenvalue weighted by Gasteiger charge is 2.35. The Hall–Kier alpha value is -2.88. The molecule has 4 rings (SSSR count). The third kappa shape index (κ3) is 5.38. The molecule has 178 valence electrons. The highest BCUT2D eigenvalue weighted by atomic mass is 19.4. The lowest BCUT2D eigenvalue weighted by Crippen LogP contribution is -2.43. The molecule has 0 unspecified atom stereocenters. The van der Waals surface area contributed by atoms with Gasteiger partial charge in [-0.05, 0) is 69.2 Å². The van der Waals surface area contributed by atoms with Crippen LogP contribution >= 0.6 is 0 Å². The van der Waals surface area contributed by atoms with Crippen molar-refractivity contribution in [3.63, 3.8) is 0 Å². The number of benzene rings is 1. The zero-order chi connectivity index (χ0) is 23.8. The smallest absolute Gasteiger partial charge is 0.365 e. The molecule has 4 atom stereocenters. The van der Waals surface area contributed by atoms with Gasteiger partial charge in [0.25, 0.3) is 5.91 Å². The predicted molar refractivity (Wildman–Crippen MR) is 120 cm³/mol. The van der Waals surface area contributed by atoms with E-state index in [4.69, 9.17) is 11.1 Å². The van der Waals surface area contributed by atoms with Gasteiger partial charge in [-0.1, -0.05) is 0 Å². The van der Waals surface area contributed by atoms with Crippen LogP contribution in [0.4, 0.5) is 24.7 Å². The molecule has 0 radical (unpaired) electrons. The molecule has 2 aromatic rings. The topological polar surface area (TPSA) is 109 Å². The Kier molecular flexibility index (Phi) is 6.47. The normalized spacial score (nSPS) is 24.3. The maximum Gasteiger partial charge on any atom is 0.416 e. The second kappa shape index (κ2) is 9.17. The average Bonchev–Trinajstić information content (AvgIpc) is 3.54. The van der Waals surface area contributed by atoms with Crippen molar-refractivity contribution < 1.29 is 18.0 Å². The predicted octanol–water partition coefficient (Wildman–Crippen LogP) is 4.49. The summed E-state index contributed by atoms with van der Waals surface area (Å²) in [6.45, 7) is 2.22. The van der Waals surface area contributed by atoms with Crippen molar-refractivity contribution in [1.82, 2.24) is 15.1 Å². The van der Waals surface area contributed by atoms with Crippen LogP contribution in [0.2, 0.25) is 0 Å². The van der Waals surface area contributed by atoms with Crippen LogP contribution in [0.15, 0.2) is 30.5 Å². The number of nitrogens with one attached hydrogen (secondary N) is 3. The highest BCUT2D eigenvalue weighted by molar-refractivity contribution is 5.98. The van der Waals surface area contributed by atoms with Crippen LogP contribution in [-0.2, 0) is 6.18 Å². The van der Waals surface area contributed by atoms with E-state index in [1.807, 2.05) is 0 Å². The van der Waals surface area contributed by atoms with Crippen LogP contribution in [0.1, 0.15) is 61.0 Å². The molecular weight excluding hydrogens is 433 g/mol. The van der Waals surface area contributed by atoms with Gasteiger partial charge in [0, 0.05) is 36.1 Å². The van der Waals surface area contributed by atoms with E-state index >= 15 is 0 Å². The molecule has 2 aliphatic rings. The van der Waals surface area contributed by atoms with Crippen LogP contribution in [0.3, 0.4) is 0 Å². The van der Waals surface area contributed by atoms with E-state index < -0.39 is 17.6 Å². The molecule has 7 nitrogen and oxygen atoms in total. The summed E-state index contributed by atoms with van der Waals surface area (Å²) in [6.07, 6.45) is 3.65. The van der Waals surface area contributed by atoms with E-state index in [1.165, 1.54) is 31.2 Å². The Balaban J connectivity index is 1.49. The van der Waals surface area contributed by atoms with Gasteiger partial charge in [0.1, 0.15) is 5.56 Å². The van der Waals surface area contributed by atoms with Crippen LogP contribution in [0.25, 0.3) is 0 Å². The van der Waals surface area contributed by atoms with Crippen molar-refractivity contribution in [1.29, 1.82) is 5.41 Å². The Morgan fingerprint density at radius 1 is 1.24 bits per heavy atom. The van der Waals surface area contributed by atoms with E-state index in [2.05, 4.69) is 22.7 Å². The first kappa shape index (κ1) is 23.3. The van der Waals surface area contributed by atoms with E-state index in [0.29, 0.717) is 17.8 Å². The number of anilines is 2. The molecule has 5 N–H and O–H groups in total. The standard InChI is InChI=1S/C23H29F3N6O/c1-13(14-2-3-14)29-18-8-9-20(15(10-18)11-27)32-12-19(21(28)33)22(31-32)30-17-6-4-16(5-7-17)23(24,25)26/h4-7,11-15,18,20,27,29H,2-3,8-10H2,1H3,(H2,28,33)(H,30,31)/t13-,15+,18+,20-/m0/s1. The van der Waals surface area contributed by atoms with Gasteiger partial charge >= 0.3 is 6.18 Å². The van der Waals surface area contributed by atoms with Crippen molar-refractivity contribution in [2.45, 2.75) is 63.3 Å². The molecule has 0 spiro atoms. The molecule has 1 aromatic heterocycles. The Bertz CT molecular complexity index is 999. The third-order valence-corrected chi connectivity index (χ3v) is 6.72. The number of nitrogens with zero attached hydrogens (tertiary/aromatic N) is 2. The number of hydrogen-bond donors (Lipinski definition) is 4. The number of aromatic nitrogens is 2. The second-order valence-electron chi connectivity index (χ2n) is 9.14. The first-order valence-electron chi connectivity index (χ1n) is 11.3. The van der Waals surface area contributed by atoms with E-state index in [9.17, 15) is 18.0 Å². The summed E-state index contributed by atoms with van der Waals surface area (Å²) in [5, 5.41) is 19.1. The Morgan fingerprint density at radius 2 is 1.94 bits per heavy atom. The number of carbonyl (C=O) groups is 1. The summed E-state index contributed by atoms with van der Waals surface area (Å²) >= 11 is 0. The number of halogens is 3. The molecule has 1 heterocycles. The lowest BCUT2D eigenvalue weighted by molar-refractivity contribution is -0.137. The number of rotatable bonds is 8. The molecule has 2 aliphatic carbocycles. The summed E-state index contributed by atoms with van der Waals surface area (Å²) in [5.41, 5.74) is 5.29. The SMILES string of the molecule is C[C@H](N[C@@H]1CC[C@H](n2cc(C(N)=O)c(Nc3ccc(C(F)(F)F)cc3)n2)[C@@H](C=N)C1)C1CC1. The maximum atomic E-state index is 12.8. The molecule has 0 aliphatic heterocycles. The maximum absolute atomic E-state index is 12.8. The summed E-state index contributed by atoms with van der Waals surface area (Å²) < 4.78 is 40.1. The van der Waals surface area contributed by atoms with Crippen LogP contribution in [-0.4, -0.2) is 34.0 Å². The van der Waals surface area contributed by atoms with Gasteiger partial charge in [-0.15, -0.1) is 0 Å². The number of nitrogens with two attached hydrogens (primary N) is 1. The molecule has 2 fully saturated rings. The Morgan fingerprint density at radius 3 is 2.52 bits per heavy atom. The van der Waals surface area contributed by atoms with Gasteiger partial charge in [0.15, 0.2) is 5.82 Å². The quantitative estimate of drug-likeness (QED) is 0.433. The van der Waals surface area contributed by atoms with Gasteiger partial charge in [-0.3, -0.25) is 9.48 Å². The summed E-state index contributed by atoms with van der Waals surface area (Å²) in [6, 6.07) is 5.20. The van der Waals surface area contributed by atoms with Crippen molar-refractivity contribution in [3.05, 3.63) is 41.6 Å². The summed E-state index contributed by atoms with van der Waals surface area (Å²) in [7, 11) is 0. The van der Waals surface area contributed by atoms with Gasteiger partial charge < -0.3 is 21.8 Å². The minimum absolute atomic E-state index is 0.0535. The molecule has 2 saturated carbocycles. The van der Waals surface area contributed by atoms with E-state index in [-0.39, 0.29) is 23.3 Å². The minimum Gasteiger partial charge on any atom is -0.365 e. The fourth-order valence-electron chi connectivity index (χ4n) is 4.67. The number of carbonyl (C=O) groups excluding carboxylic acids is 1. The van der Waals surface area contributed by atoms with Crippen molar-refractivity contribution >= 4 is 23.6 Å². The lowest BCUT2D eigenvalue weighted by Gasteiger charge is -2.36. The molecule has 1 amide bonds. The minimum atomic E-state index is -4.43. The lowest BCUT2D eigenvalue weighted by atomic mass is 9.82. The molecule has 10 heteroatoms.